The molecule has 0 atom stereocenters. The number of hydrogen-bond donors (Lipinski definition) is 2. The lowest BCUT2D eigenvalue weighted by Crippen LogP contribution is -2.37. The normalized spacial score (nSPS) is 14.5. The van der Waals surface area contributed by atoms with Crippen LogP contribution in [0.5, 0.6) is 0 Å². The molecule has 9 heteroatoms. The topological polar surface area (TPSA) is 105 Å². The maximum atomic E-state index is 10.0. The van der Waals surface area contributed by atoms with Crippen molar-refractivity contribution in [1.82, 2.24) is 29.5 Å². The molecule has 1 aromatic carbocycles. The van der Waals surface area contributed by atoms with Gasteiger partial charge < -0.3 is 19.7 Å². The monoisotopic (exact) mass is 419 g/mol. The number of aromatic nitrogens is 6. The first-order valence-electron chi connectivity index (χ1n) is 10.5. The van der Waals surface area contributed by atoms with Crippen molar-refractivity contribution in [3.05, 3.63) is 47.7 Å². The second-order valence-corrected chi connectivity index (χ2v) is 7.51. The zero-order chi connectivity index (χ0) is 21.4. The summed E-state index contributed by atoms with van der Waals surface area (Å²) in [5, 5.41) is 11.1. The van der Waals surface area contributed by atoms with Gasteiger partial charge in [-0.25, -0.2) is 4.98 Å². The zero-order valence-electron chi connectivity index (χ0n) is 17.7. The van der Waals surface area contributed by atoms with Gasteiger partial charge in [-0.15, -0.1) is 0 Å². The molecule has 0 unspecified atom stereocenters. The van der Waals surface area contributed by atoms with Crippen molar-refractivity contribution >= 4 is 16.9 Å². The molecular formula is C22H25N7O2. The Labute approximate surface area is 179 Å². The van der Waals surface area contributed by atoms with Crippen LogP contribution in [0.15, 0.2) is 30.5 Å². The van der Waals surface area contributed by atoms with Crippen molar-refractivity contribution in [2.24, 2.45) is 0 Å². The average molecular weight is 419 g/mol. The summed E-state index contributed by atoms with van der Waals surface area (Å²) in [4.78, 5) is 24.5. The molecule has 4 aromatic rings. The van der Waals surface area contributed by atoms with Gasteiger partial charge in [-0.3, -0.25) is 4.57 Å². The lowest BCUT2D eigenvalue weighted by molar-refractivity contribution is 0.122. The molecule has 5 rings (SSSR count). The fourth-order valence-corrected chi connectivity index (χ4v) is 4.04. The Morgan fingerprint density at radius 2 is 1.87 bits per heavy atom. The number of ether oxygens (including phenoxy) is 1. The maximum Gasteiger partial charge on any atom is 0.240 e. The molecule has 9 nitrogen and oxygen atoms in total. The van der Waals surface area contributed by atoms with Gasteiger partial charge in [-0.2, -0.15) is 15.0 Å². The van der Waals surface area contributed by atoms with Crippen LogP contribution in [0, 0.1) is 6.92 Å². The minimum Gasteiger partial charge on any atom is -0.390 e. The highest BCUT2D eigenvalue weighted by molar-refractivity contribution is 5.93. The Bertz CT molecular complexity index is 1220. The molecule has 0 bridgehead atoms. The molecule has 1 fully saturated rings. The van der Waals surface area contributed by atoms with E-state index in [1.807, 2.05) is 48.9 Å². The Hall–Kier alpha value is -3.30. The first-order chi connectivity index (χ1) is 15.2. The van der Waals surface area contributed by atoms with E-state index in [2.05, 4.69) is 14.9 Å². The van der Waals surface area contributed by atoms with E-state index in [9.17, 15) is 5.11 Å². The smallest absolute Gasteiger partial charge is 0.240 e. The van der Waals surface area contributed by atoms with Crippen LogP contribution in [0.2, 0.25) is 0 Å². The molecule has 0 aliphatic carbocycles. The number of aliphatic hydroxyl groups is 1. The van der Waals surface area contributed by atoms with Crippen LogP contribution >= 0.6 is 0 Å². The number of aliphatic hydroxyl groups excluding tert-OH is 1. The second kappa shape index (κ2) is 8.09. The standard InChI is InChI=1S/C22H25N7O2/c1-3-19-24-14(2)18(13-30)29(19)22-26-20(16-5-4-6-17-15(16)7-8-23-17)25-21(27-22)28-9-11-31-12-10-28/h4-8,23,30H,3,9-13H2,1-2H3. The van der Waals surface area contributed by atoms with Crippen LogP contribution in [-0.2, 0) is 17.8 Å². The molecule has 1 aliphatic rings. The number of nitrogens with zero attached hydrogens (tertiary/aromatic N) is 6. The minimum atomic E-state index is -0.139. The predicted octanol–water partition coefficient (Wildman–Crippen LogP) is 2.41. The number of rotatable bonds is 5. The van der Waals surface area contributed by atoms with Crippen LogP contribution in [-0.4, -0.2) is 60.9 Å². The van der Waals surface area contributed by atoms with E-state index >= 15 is 0 Å². The Kier molecular flexibility index (Phi) is 5.13. The SMILES string of the molecule is CCc1nc(C)c(CO)n1-c1nc(-c2cccc3[nH]ccc23)nc(N2CCOCC2)n1. The zero-order valence-corrected chi connectivity index (χ0v) is 17.7. The van der Waals surface area contributed by atoms with E-state index < -0.39 is 0 Å². The molecule has 1 saturated heterocycles. The summed E-state index contributed by atoms with van der Waals surface area (Å²) >= 11 is 0. The highest BCUT2D eigenvalue weighted by Gasteiger charge is 2.22. The molecule has 4 heterocycles. The van der Waals surface area contributed by atoms with Crippen molar-refractivity contribution in [2.75, 3.05) is 31.2 Å². The van der Waals surface area contributed by atoms with Crippen molar-refractivity contribution in [3.63, 3.8) is 0 Å². The molecule has 160 valence electrons. The van der Waals surface area contributed by atoms with Crippen LogP contribution in [0.4, 0.5) is 5.95 Å². The Morgan fingerprint density at radius 3 is 2.65 bits per heavy atom. The largest absolute Gasteiger partial charge is 0.390 e. The molecule has 31 heavy (non-hydrogen) atoms. The summed E-state index contributed by atoms with van der Waals surface area (Å²) in [6.45, 7) is 6.49. The van der Waals surface area contributed by atoms with Crippen LogP contribution < -0.4 is 4.90 Å². The van der Waals surface area contributed by atoms with E-state index in [0.717, 1.165) is 28.0 Å². The number of hydrogen-bond acceptors (Lipinski definition) is 7. The molecule has 1 aliphatic heterocycles. The predicted molar refractivity (Wildman–Crippen MR) is 117 cm³/mol. The van der Waals surface area contributed by atoms with E-state index in [1.54, 1.807) is 0 Å². The summed E-state index contributed by atoms with van der Waals surface area (Å²) in [6.07, 6.45) is 2.61. The fourth-order valence-electron chi connectivity index (χ4n) is 4.04. The molecule has 0 saturated carbocycles. The van der Waals surface area contributed by atoms with Gasteiger partial charge in [-0.05, 0) is 19.1 Å². The molecular weight excluding hydrogens is 394 g/mol. The van der Waals surface area contributed by atoms with Crippen LogP contribution in [0.1, 0.15) is 24.1 Å². The van der Waals surface area contributed by atoms with Crippen molar-refractivity contribution in [2.45, 2.75) is 26.9 Å². The summed E-state index contributed by atoms with van der Waals surface area (Å²) in [7, 11) is 0. The second-order valence-electron chi connectivity index (χ2n) is 7.51. The summed E-state index contributed by atoms with van der Waals surface area (Å²) in [5.41, 5.74) is 3.43. The van der Waals surface area contributed by atoms with Gasteiger partial charge in [0, 0.05) is 42.2 Å². The summed E-state index contributed by atoms with van der Waals surface area (Å²) in [6, 6.07) is 8.07. The average Bonchev–Trinajstić information content (AvgIpc) is 3.42. The van der Waals surface area contributed by atoms with Gasteiger partial charge in [0.1, 0.15) is 5.82 Å². The van der Waals surface area contributed by atoms with E-state index in [-0.39, 0.29) is 6.61 Å². The lowest BCUT2D eigenvalue weighted by atomic mass is 10.1. The molecule has 0 amide bonds. The van der Waals surface area contributed by atoms with Gasteiger partial charge >= 0.3 is 0 Å². The minimum absolute atomic E-state index is 0.139. The number of aromatic amines is 1. The third-order valence-electron chi connectivity index (χ3n) is 5.65. The number of H-pyrrole nitrogens is 1. The van der Waals surface area contributed by atoms with Crippen molar-refractivity contribution in [1.29, 1.82) is 0 Å². The summed E-state index contributed by atoms with van der Waals surface area (Å²) in [5.74, 6) is 2.48. The summed E-state index contributed by atoms with van der Waals surface area (Å²) < 4.78 is 7.37. The van der Waals surface area contributed by atoms with Crippen molar-refractivity contribution < 1.29 is 9.84 Å². The highest BCUT2D eigenvalue weighted by Crippen LogP contribution is 2.28. The number of morpholine rings is 1. The number of fused-ring (bicyclic) bond motifs is 1. The molecule has 0 spiro atoms. The van der Waals surface area contributed by atoms with Gasteiger partial charge in [0.15, 0.2) is 5.82 Å². The third kappa shape index (κ3) is 3.45. The van der Waals surface area contributed by atoms with E-state index in [4.69, 9.17) is 19.7 Å². The number of anilines is 1. The maximum absolute atomic E-state index is 10.0. The molecule has 2 N–H and O–H groups in total. The fraction of sp³-hybridized carbons (Fsp3) is 0.364. The number of nitrogens with one attached hydrogen (secondary N) is 1. The number of aryl methyl sites for hydroxylation is 2. The lowest BCUT2D eigenvalue weighted by Gasteiger charge is -2.27. The Morgan fingerprint density at radius 1 is 1.06 bits per heavy atom. The quantitative estimate of drug-likeness (QED) is 0.512. The number of imidazole rings is 1. The first-order valence-corrected chi connectivity index (χ1v) is 10.5. The first kappa shape index (κ1) is 19.7. The highest BCUT2D eigenvalue weighted by atomic mass is 16.5. The van der Waals surface area contributed by atoms with E-state index in [0.29, 0.717) is 56.1 Å². The van der Waals surface area contributed by atoms with Gasteiger partial charge in [0.25, 0.3) is 0 Å². The van der Waals surface area contributed by atoms with Crippen LogP contribution in [0.3, 0.4) is 0 Å². The Balaban J connectivity index is 1.74. The van der Waals surface area contributed by atoms with Gasteiger partial charge in [0.2, 0.25) is 11.9 Å². The molecule has 0 radical (unpaired) electrons. The van der Waals surface area contributed by atoms with Crippen LogP contribution in [0.25, 0.3) is 28.2 Å². The third-order valence-corrected chi connectivity index (χ3v) is 5.65. The van der Waals surface area contributed by atoms with E-state index in [1.165, 1.54) is 0 Å². The van der Waals surface area contributed by atoms with Gasteiger partial charge in [0.05, 0.1) is 31.2 Å². The van der Waals surface area contributed by atoms with Gasteiger partial charge in [-0.1, -0.05) is 19.1 Å². The molecule has 3 aromatic heterocycles. The number of benzene rings is 1. The van der Waals surface area contributed by atoms with Crippen molar-refractivity contribution in [3.8, 4) is 17.3 Å².